The topological polar surface area (TPSA) is 183 Å². The molecule has 120 valence electrons. The van der Waals surface area contributed by atoms with Crippen molar-refractivity contribution in [1.29, 1.82) is 0 Å². The molecule has 0 aliphatic heterocycles. The molecule has 0 aliphatic carbocycles. The predicted molar refractivity (Wildman–Crippen MR) is 57.9 cm³/mol. The number of methoxy groups -OCH3 is 1. The molecule has 0 heterocycles. The third-order valence-corrected chi connectivity index (χ3v) is 2.18. The quantitative estimate of drug-likeness (QED) is 0.263. The number of esters is 1. The van der Waals surface area contributed by atoms with Crippen LogP contribution in [0.3, 0.4) is 0 Å². The fraction of sp³-hybridized carbons (Fsp3) is 0.857. The summed E-state index contributed by atoms with van der Waals surface area (Å²) in [5.74, 6) is -0.944. The van der Waals surface area contributed by atoms with Crippen LogP contribution in [0, 0.1) is 35.8 Å². The summed E-state index contributed by atoms with van der Waals surface area (Å²) in [7, 11) is 0.990. The fourth-order valence-electron chi connectivity index (χ4n) is 1.23. The Morgan fingerprint density at radius 3 is 1.48 bits per heavy atom. The Balaban J connectivity index is 5.11. The molecule has 0 fully saturated rings. The van der Waals surface area contributed by atoms with Gasteiger partial charge in [-0.1, -0.05) is 0 Å². The Morgan fingerprint density at radius 1 is 0.905 bits per heavy atom. The van der Waals surface area contributed by atoms with Crippen molar-refractivity contribution in [3.63, 3.8) is 0 Å². The molecule has 0 aromatic carbocycles. The number of carbonyl (C=O) groups excluding carboxylic acids is 1. The van der Waals surface area contributed by atoms with Gasteiger partial charge in [0.1, 0.15) is 19.8 Å². The maximum atomic E-state index is 11.3. The number of hydrogen-bond donors (Lipinski definition) is 0. The highest BCUT2D eigenvalue weighted by Gasteiger charge is 2.38. The van der Waals surface area contributed by atoms with E-state index in [1.807, 2.05) is 0 Å². The zero-order valence-corrected chi connectivity index (χ0v) is 10.7. The minimum absolute atomic E-state index is 0.695. The van der Waals surface area contributed by atoms with Crippen LogP contribution in [-0.2, 0) is 24.0 Å². The molecular formula is C7H11N3O11. The van der Waals surface area contributed by atoms with Gasteiger partial charge in [-0.25, -0.2) is 0 Å². The maximum absolute atomic E-state index is 11.3. The summed E-state index contributed by atoms with van der Waals surface area (Å²) in [6.45, 7) is -2.72. The number of ether oxygens (including phenoxy) is 1. The largest absolute Gasteiger partial charge is 0.469 e. The van der Waals surface area contributed by atoms with Gasteiger partial charge in [-0.2, -0.15) is 0 Å². The van der Waals surface area contributed by atoms with Crippen molar-refractivity contribution >= 4 is 5.97 Å². The van der Waals surface area contributed by atoms with Gasteiger partial charge in [-0.3, -0.25) is 4.79 Å². The highest BCUT2D eigenvalue weighted by atomic mass is 17.0. The second-order valence-electron chi connectivity index (χ2n) is 3.74. The molecule has 0 N–H and O–H groups in total. The molecular weight excluding hydrogens is 302 g/mol. The molecule has 0 rings (SSSR count). The second-order valence-corrected chi connectivity index (χ2v) is 3.74. The standard InChI is InChI=1S/C7H11N3O11/c1-18-6(11)2-7(3-19-8(12)13,4-20-9(14)15)5-21-10(16)17/h2-5H2,1H3. The SMILES string of the molecule is COC(=O)CC(CO[N+](=O)[O-])(CO[N+](=O)[O-])CO[N+](=O)[O-]. The highest BCUT2D eigenvalue weighted by Crippen LogP contribution is 2.25. The van der Waals surface area contributed by atoms with E-state index in [4.69, 9.17) is 0 Å². The van der Waals surface area contributed by atoms with Crippen LogP contribution in [0.25, 0.3) is 0 Å². The molecule has 0 spiro atoms. The summed E-state index contributed by atoms with van der Waals surface area (Å²) in [5, 5.41) is 26.9. The van der Waals surface area contributed by atoms with Crippen LogP contribution in [0.2, 0.25) is 0 Å². The monoisotopic (exact) mass is 313 g/mol. The number of hydrogen-bond acceptors (Lipinski definition) is 11. The van der Waals surface area contributed by atoms with Gasteiger partial charge in [0, 0.05) is 0 Å². The molecule has 14 nitrogen and oxygen atoms in total. The summed E-state index contributed by atoms with van der Waals surface area (Å²) >= 11 is 0. The van der Waals surface area contributed by atoms with Crippen molar-refractivity contribution in [1.82, 2.24) is 0 Å². The Morgan fingerprint density at radius 2 is 1.24 bits per heavy atom. The van der Waals surface area contributed by atoms with Crippen LogP contribution in [0.5, 0.6) is 0 Å². The van der Waals surface area contributed by atoms with Crippen molar-refractivity contribution in [3.8, 4) is 0 Å². The fourth-order valence-corrected chi connectivity index (χ4v) is 1.23. The average Bonchev–Trinajstić information content (AvgIpc) is 2.40. The first-order chi connectivity index (χ1) is 9.70. The third-order valence-electron chi connectivity index (χ3n) is 2.18. The van der Waals surface area contributed by atoms with Crippen LogP contribution < -0.4 is 0 Å². The predicted octanol–water partition coefficient (Wildman–Crippen LogP) is -0.839. The van der Waals surface area contributed by atoms with E-state index >= 15 is 0 Å². The molecule has 21 heavy (non-hydrogen) atoms. The summed E-state index contributed by atoms with van der Waals surface area (Å²) in [5.41, 5.74) is -1.85. The number of rotatable bonds is 11. The molecule has 0 atom stereocenters. The Bertz CT molecular complexity index is 365. The van der Waals surface area contributed by atoms with Gasteiger partial charge in [-0.05, 0) is 0 Å². The molecule has 0 bridgehead atoms. The summed E-state index contributed by atoms with van der Waals surface area (Å²) in [6, 6.07) is 0. The van der Waals surface area contributed by atoms with E-state index in [9.17, 15) is 35.1 Å². The second kappa shape index (κ2) is 8.28. The molecule has 0 saturated heterocycles. The Kier molecular flexibility index (Phi) is 7.13. The molecule has 0 unspecified atom stereocenters. The average molecular weight is 313 g/mol. The van der Waals surface area contributed by atoms with E-state index in [0.29, 0.717) is 0 Å². The van der Waals surface area contributed by atoms with E-state index in [2.05, 4.69) is 19.2 Å². The Labute approximate surface area is 115 Å². The highest BCUT2D eigenvalue weighted by molar-refractivity contribution is 5.70. The summed E-state index contributed by atoms with van der Waals surface area (Å²) in [6.07, 6.45) is -0.695. The van der Waals surface area contributed by atoms with Crippen LogP contribution in [-0.4, -0.2) is 48.2 Å². The van der Waals surface area contributed by atoms with Crippen LogP contribution in [0.1, 0.15) is 6.42 Å². The van der Waals surface area contributed by atoms with E-state index in [-0.39, 0.29) is 0 Å². The smallest absolute Gasteiger partial charge is 0.306 e. The molecule has 0 aromatic rings. The summed E-state index contributed by atoms with van der Waals surface area (Å²) in [4.78, 5) is 53.9. The summed E-state index contributed by atoms with van der Waals surface area (Å²) < 4.78 is 4.31. The molecule has 0 aromatic heterocycles. The molecule has 0 amide bonds. The lowest BCUT2D eigenvalue weighted by Crippen LogP contribution is -2.41. The van der Waals surface area contributed by atoms with Gasteiger partial charge in [-0.15, -0.1) is 30.3 Å². The van der Waals surface area contributed by atoms with Crippen LogP contribution in [0.4, 0.5) is 0 Å². The lowest BCUT2D eigenvalue weighted by atomic mass is 9.87. The first-order valence-corrected chi connectivity index (χ1v) is 5.09. The third kappa shape index (κ3) is 7.96. The van der Waals surface area contributed by atoms with Gasteiger partial charge >= 0.3 is 5.97 Å². The van der Waals surface area contributed by atoms with Crippen molar-refractivity contribution in [2.24, 2.45) is 5.41 Å². The number of nitrogens with zero attached hydrogens (tertiary/aromatic N) is 3. The molecule has 14 heteroatoms. The minimum atomic E-state index is -1.85. The molecule has 0 radical (unpaired) electrons. The lowest BCUT2D eigenvalue weighted by Gasteiger charge is -2.29. The maximum Gasteiger partial charge on any atom is 0.306 e. The van der Waals surface area contributed by atoms with Gasteiger partial charge in [0.2, 0.25) is 0 Å². The number of carbonyl (C=O) groups is 1. The van der Waals surface area contributed by atoms with Crippen LogP contribution >= 0.6 is 0 Å². The normalized spacial score (nSPS) is 10.3. The van der Waals surface area contributed by atoms with Crippen molar-refractivity contribution in [2.45, 2.75) is 6.42 Å². The molecule has 0 aliphatic rings. The first kappa shape index (κ1) is 18.1. The zero-order valence-electron chi connectivity index (χ0n) is 10.7. The van der Waals surface area contributed by atoms with Gasteiger partial charge < -0.3 is 19.2 Å². The van der Waals surface area contributed by atoms with E-state index < -0.39 is 52.9 Å². The van der Waals surface area contributed by atoms with Crippen LogP contribution in [0.15, 0.2) is 0 Å². The van der Waals surface area contributed by atoms with Gasteiger partial charge in [0.25, 0.3) is 15.3 Å². The first-order valence-electron chi connectivity index (χ1n) is 5.09. The van der Waals surface area contributed by atoms with Crippen molar-refractivity contribution < 1.29 is 39.3 Å². The van der Waals surface area contributed by atoms with Gasteiger partial charge in [0.15, 0.2) is 0 Å². The van der Waals surface area contributed by atoms with E-state index in [1.54, 1.807) is 0 Å². The van der Waals surface area contributed by atoms with E-state index in [0.717, 1.165) is 7.11 Å². The minimum Gasteiger partial charge on any atom is -0.469 e. The van der Waals surface area contributed by atoms with Gasteiger partial charge in [0.05, 0.1) is 18.9 Å². The molecule has 0 saturated carbocycles. The van der Waals surface area contributed by atoms with E-state index in [1.165, 1.54) is 0 Å². The van der Waals surface area contributed by atoms with Crippen molar-refractivity contribution in [3.05, 3.63) is 30.3 Å². The zero-order chi connectivity index (χ0) is 16.5. The van der Waals surface area contributed by atoms with Crippen molar-refractivity contribution in [2.75, 3.05) is 26.9 Å². The Hall–Kier alpha value is -2.93. The lowest BCUT2D eigenvalue weighted by molar-refractivity contribution is -0.782.